The van der Waals surface area contributed by atoms with Crippen molar-refractivity contribution in [3.63, 3.8) is 0 Å². The summed E-state index contributed by atoms with van der Waals surface area (Å²) in [5.74, 6) is 0.235. The molecule has 1 aromatic rings. The summed E-state index contributed by atoms with van der Waals surface area (Å²) in [6.45, 7) is 2.93. The Morgan fingerprint density at radius 2 is 2.13 bits per heavy atom. The highest BCUT2D eigenvalue weighted by molar-refractivity contribution is 9.11. The molecule has 4 heteroatoms. The standard InChI is InChI=1S/C11H13Br2NO/c1-2-3-4-14-7-8-5-9(12)6-10(13)11(8)15/h5-7,15H,2-4H2,1H3. The monoisotopic (exact) mass is 333 g/mol. The summed E-state index contributed by atoms with van der Waals surface area (Å²) in [6, 6.07) is 3.65. The Morgan fingerprint density at radius 1 is 1.40 bits per heavy atom. The van der Waals surface area contributed by atoms with E-state index in [4.69, 9.17) is 0 Å². The van der Waals surface area contributed by atoms with Gasteiger partial charge >= 0.3 is 0 Å². The quantitative estimate of drug-likeness (QED) is 0.651. The van der Waals surface area contributed by atoms with Gasteiger partial charge in [-0.1, -0.05) is 29.3 Å². The molecule has 0 atom stereocenters. The molecule has 0 unspecified atom stereocenters. The molecule has 0 saturated carbocycles. The molecule has 0 aliphatic rings. The highest BCUT2D eigenvalue weighted by Crippen LogP contribution is 2.30. The maximum Gasteiger partial charge on any atom is 0.138 e. The maximum atomic E-state index is 9.72. The minimum atomic E-state index is 0.235. The number of hydrogen-bond acceptors (Lipinski definition) is 2. The second-order valence-corrected chi connectivity index (χ2v) is 4.98. The van der Waals surface area contributed by atoms with Gasteiger partial charge in [-0.3, -0.25) is 4.99 Å². The number of aliphatic imine (C=N–C) groups is 1. The third kappa shape index (κ3) is 3.95. The Balaban J connectivity index is 2.80. The number of phenolic OH excluding ortho intramolecular Hbond substituents is 1. The van der Waals surface area contributed by atoms with Crippen LogP contribution in [0.15, 0.2) is 26.1 Å². The molecular weight excluding hydrogens is 322 g/mol. The van der Waals surface area contributed by atoms with E-state index >= 15 is 0 Å². The van der Waals surface area contributed by atoms with Crippen LogP contribution in [0.3, 0.4) is 0 Å². The number of phenols is 1. The van der Waals surface area contributed by atoms with E-state index in [0.717, 1.165) is 29.4 Å². The van der Waals surface area contributed by atoms with Crippen molar-refractivity contribution < 1.29 is 5.11 Å². The molecule has 0 aliphatic carbocycles. The van der Waals surface area contributed by atoms with Crippen molar-refractivity contribution in [2.45, 2.75) is 19.8 Å². The van der Waals surface area contributed by atoms with Crippen molar-refractivity contribution in [3.05, 3.63) is 26.6 Å². The van der Waals surface area contributed by atoms with Gasteiger partial charge in [0.1, 0.15) is 5.75 Å². The summed E-state index contributed by atoms with van der Waals surface area (Å²) >= 11 is 6.64. The number of benzene rings is 1. The Hall–Kier alpha value is -0.350. The average molecular weight is 335 g/mol. The number of aromatic hydroxyl groups is 1. The highest BCUT2D eigenvalue weighted by atomic mass is 79.9. The van der Waals surface area contributed by atoms with Crippen LogP contribution in [0.2, 0.25) is 0 Å². The number of nitrogens with zero attached hydrogens (tertiary/aromatic N) is 1. The van der Waals surface area contributed by atoms with E-state index in [2.05, 4.69) is 43.8 Å². The fourth-order valence-electron chi connectivity index (χ4n) is 1.10. The van der Waals surface area contributed by atoms with Gasteiger partial charge in [-0.05, 0) is 34.5 Å². The molecule has 2 nitrogen and oxygen atoms in total. The van der Waals surface area contributed by atoms with Crippen LogP contribution in [-0.2, 0) is 0 Å². The van der Waals surface area contributed by atoms with Gasteiger partial charge < -0.3 is 5.11 Å². The lowest BCUT2D eigenvalue weighted by Gasteiger charge is -2.02. The first-order valence-electron chi connectivity index (χ1n) is 4.83. The largest absolute Gasteiger partial charge is 0.506 e. The van der Waals surface area contributed by atoms with Crippen LogP contribution in [0.25, 0.3) is 0 Å². The summed E-state index contributed by atoms with van der Waals surface area (Å²) in [7, 11) is 0. The number of halogens is 2. The smallest absolute Gasteiger partial charge is 0.138 e. The van der Waals surface area contributed by atoms with Crippen molar-refractivity contribution in [2.75, 3.05) is 6.54 Å². The van der Waals surface area contributed by atoms with Gasteiger partial charge in [-0.15, -0.1) is 0 Å². The number of hydrogen-bond donors (Lipinski definition) is 1. The zero-order chi connectivity index (χ0) is 11.3. The molecule has 0 spiro atoms. The maximum absolute atomic E-state index is 9.72. The van der Waals surface area contributed by atoms with E-state index in [9.17, 15) is 5.11 Å². The fraction of sp³-hybridized carbons (Fsp3) is 0.364. The normalized spacial score (nSPS) is 11.1. The molecule has 0 aliphatic heterocycles. The van der Waals surface area contributed by atoms with Crippen molar-refractivity contribution in [3.8, 4) is 5.75 Å². The van der Waals surface area contributed by atoms with Crippen LogP contribution in [0.5, 0.6) is 5.75 Å². The molecule has 0 heterocycles. The molecule has 0 aromatic heterocycles. The Bertz CT molecular complexity index is 364. The second-order valence-electron chi connectivity index (χ2n) is 3.21. The lowest BCUT2D eigenvalue weighted by Crippen LogP contribution is -1.87. The van der Waals surface area contributed by atoms with Crippen molar-refractivity contribution in [2.24, 2.45) is 4.99 Å². The number of rotatable bonds is 4. The van der Waals surface area contributed by atoms with Crippen molar-refractivity contribution >= 4 is 38.1 Å². The summed E-state index contributed by atoms with van der Waals surface area (Å²) < 4.78 is 1.60. The molecule has 1 N–H and O–H groups in total. The van der Waals surface area contributed by atoms with Gasteiger partial charge in [-0.25, -0.2) is 0 Å². The van der Waals surface area contributed by atoms with Gasteiger partial charge in [0.05, 0.1) is 4.47 Å². The van der Waals surface area contributed by atoms with Crippen molar-refractivity contribution in [1.82, 2.24) is 0 Å². The molecule has 0 fully saturated rings. The molecule has 0 bridgehead atoms. The topological polar surface area (TPSA) is 32.6 Å². The molecular formula is C11H13Br2NO. The molecule has 0 radical (unpaired) electrons. The van der Waals surface area contributed by atoms with E-state index in [1.807, 2.05) is 6.07 Å². The lowest BCUT2D eigenvalue weighted by molar-refractivity contribution is 0.471. The first-order chi connectivity index (χ1) is 7.15. The Kier molecular flexibility index (Phi) is 5.32. The average Bonchev–Trinajstić information content (AvgIpc) is 2.19. The van der Waals surface area contributed by atoms with Gasteiger partial charge in [-0.2, -0.15) is 0 Å². The molecule has 15 heavy (non-hydrogen) atoms. The summed E-state index contributed by atoms with van der Waals surface area (Å²) in [4.78, 5) is 4.25. The van der Waals surface area contributed by atoms with Crippen LogP contribution in [0, 0.1) is 0 Å². The molecule has 0 saturated heterocycles. The van der Waals surface area contributed by atoms with Crippen LogP contribution in [0.1, 0.15) is 25.3 Å². The van der Waals surface area contributed by atoms with E-state index in [-0.39, 0.29) is 5.75 Å². The minimum Gasteiger partial charge on any atom is -0.506 e. The van der Waals surface area contributed by atoms with Crippen molar-refractivity contribution in [1.29, 1.82) is 0 Å². The van der Waals surface area contributed by atoms with Crippen LogP contribution < -0.4 is 0 Å². The highest BCUT2D eigenvalue weighted by Gasteiger charge is 2.04. The molecule has 1 aromatic carbocycles. The van der Waals surface area contributed by atoms with Gasteiger partial charge in [0.2, 0.25) is 0 Å². The first-order valence-corrected chi connectivity index (χ1v) is 6.41. The summed E-state index contributed by atoms with van der Waals surface area (Å²) in [5, 5.41) is 9.72. The predicted molar refractivity (Wildman–Crippen MR) is 70.9 cm³/mol. The van der Waals surface area contributed by atoms with E-state index in [1.165, 1.54) is 0 Å². The zero-order valence-electron chi connectivity index (χ0n) is 8.50. The summed E-state index contributed by atoms with van der Waals surface area (Å²) in [5.41, 5.74) is 0.729. The van der Waals surface area contributed by atoms with E-state index < -0.39 is 0 Å². The Morgan fingerprint density at radius 3 is 2.80 bits per heavy atom. The number of unbranched alkanes of at least 4 members (excludes halogenated alkanes) is 1. The minimum absolute atomic E-state index is 0.235. The third-order valence-corrected chi connectivity index (χ3v) is 2.99. The fourth-order valence-corrected chi connectivity index (χ4v) is 2.35. The van der Waals surface area contributed by atoms with E-state index in [0.29, 0.717) is 4.47 Å². The van der Waals surface area contributed by atoms with Gasteiger partial charge in [0.25, 0.3) is 0 Å². The molecule has 1 rings (SSSR count). The SMILES string of the molecule is CCCCN=Cc1cc(Br)cc(Br)c1O. The van der Waals surface area contributed by atoms with Crippen LogP contribution in [-0.4, -0.2) is 17.9 Å². The van der Waals surface area contributed by atoms with E-state index in [1.54, 1.807) is 12.3 Å². The van der Waals surface area contributed by atoms with Crippen LogP contribution in [0.4, 0.5) is 0 Å². The van der Waals surface area contributed by atoms with Crippen LogP contribution >= 0.6 is 31.9 Å². The summed E-state index contributed by atoms with van der Waals surface area (Å²) in [6.07, 6.45) is 3.92. The van der Waals surface area contributed by atoms with Gasteiger partial charge in [0, 0.05) is 22.8 Å². The lowest BCUT2D eigenvalue weighted by atomic mass is 10.2. The molecule has 82 valence electrons. The Labute approximate surface area is 107 Å². The first kappa shape index (κ1) is 12.7. The third-order valence-electron chi connectivity index (χ3n) is 1.93. The second kappa shape index (κ2) is 6.28. The zero-order valence-corrected chi connectivity index (χ0v) is 11.7. The molecule has 0 amide bonds. The predicted octanol–water partition coefficient (Wildman–Crippen LogP) is 4.14. The van der Waals surface area contributed by atoms with Gasteiger partial charge in [0.15, 0.2) is 0 Å².